The lowest BCUT2D eigenvalue weighted by Gasteiger charge is -2.50. The Balaban J connectivity index is 2.44. The Morgan fingerprint density at radius 3 is 2.57 bits per heavy atom. The molecule has 0 aromatic rings. The first kappa shape index (κ1) is 11.5. The minimum Gasteiger partial charge on any atom is -0.372 e. The van der Waals surface area contributed by atoms with Crippen LogP contribution >= 0.6 is 0 Å². The summed E-state index contributed by atoms with van der Waals surface area (Å²) in [5, 5.41) is 2.94. The monoisotopic (exact) mass is 200 g/mol. The van der Waals surface area contributed by atoms with Crippen LogP contribution in [0.15, 0.2) is 0 Å². The summed E-state index contributed by atoms with van der Waals surface area (Å²) in [7, 11) is 1.53. The highest BCUT2D eigenvalue weighted by atomic mass is 16.5. The predicted molar refractivity (Wildman–Crippen MR) is 54.8 cm³/mol. The quantitative estimate of drug-likeness (QED) is 0.687. The van der Waals surface area contributed by atoms with Gasteiger partial charge >= 0.3 is 0 Å². The molecule has 3 atom stereocenters. The van der Waals surface area contributed by atoms with Gasteiger partial charge in [-0.05, 0) is 13.3 Å². The predicted octanol–water partition coefficient (Wildman–Crippen LogP) is 0.263. The zero-order chi connectivity index (χ0) is 10.9. The summed E-state index contributed by atoms with van der Waals surface area (Å²) in [5.41, 5.74) is 5.85. The largest absolute Gasteiger partial charge is 0.372 e. The Labute approximate surface area is 85.2 Å². The van der Waals surface area contributed by atoms with Crippen LogP contribution in [0.4, 0.5) is 0 Å². The molecule has 4 nitrogen and oxygen atoms in total. The van der Waals surface area contributed by atoms with Crippen LogP contribution in [0.3, 0.4) is 0 Å². The minimum atomic E-state index is -0.386. The molecule has 3 unspecified atom stereocenters. The van der Waals surface area contributed by atoms with E-state index in [1.807, 2.05) is 0 Å². The molecule has 1 aliphatic carbocycles. The fourth-order valence-corrected chi connectivity index (χ4v) is 1.60. The summed E-state index contributed by atoms with van der Waals surface area (Å²) in [6.07, 6.45) is 0.470. The van der Waals surface area contributed by atoms with E-state index in [0.717, 1.165) is 6.42 Å². The molecule has 0 aromatic carbocycles. The van der Waals surface area contributed by atoms with E-state index in [4.69, 9.17) is 10.5 Å². The van der Waals surface area contributed by atoms with Gasteiger partial charge in [-0.1, -0.05) is 13.8 Å². The molecule has 0 saturated heterocycles. The number of rotatable bonds is 3. The fourth-order valence-electron chi connectivity index (χ4n) is 1.60. The molecule has 14 heavy (non-hydrogen) atoms. The van der Waals surface area contributed by atoms with Crippen molar-refractivity contribution in [1.29, 1.82) is 0 Å². The molecule has 1 rings (SSSR count). The molecule has 0 spiro atoms. The standard InChI is InChI=1S/C10H20N2O2/c1-6(14-4)9(13)12-8-5-7(11)10(8,2)3/h6-8H,5,11H2,1-4H3,(H,12,13). The van der Waals surface area contributed by atoms with Crippen molar-refractivity contribution in [1.82, 2.24) is 5.32 Å². The summed E-state index contributed by atoms with van der Waals surface area (Å²) in [4.78, 5) is 11.5. The van der Waals surface area contributed by atoms with Crippen LogP contribution in [0.2, 0.25) is 0 Å². The Morgan fingerprint density at radius 1 is 1.64 bits per heavy atom. The summed E-state index contributed by atoms with van der Waals surface area (Å²) in [6, 6.07) is 0.369. The zero-order valence-corrected chi connectivity index (χ0v) is 9.33. The van der Waals surface area contributed by atoms with Gasteiger partial charge in [0.1, 0.15) is 6.10 Å². The maximum atomic E-state index is 11.5. The van der Waals surface area contributed by atoms with Crippen molar-refractivity contribution >= 4 is 5.91 Å². The van der Waals surface area contributed by atoms with E-state index in [2.05, 4.69) is 19.2 Å². The van der Waals surface area contributed by atoms with Crippen molar-refractivity contribution in [3.63, 3.8) is 0 Å². The lowest BCUT2D eigenvalue weighted by atomic mass is 9.63. The van der Waals surface area contributed by atoms with Gasteiger partial charge in [0.25, 0.3) is 0 Å². The average molecular weight is 200 g/mol. The third-order valence-electron chi connectivity index (χ3n) is 3.38. The number of hydrogen-bond donors (Lipinski definition) is 2. The lowest BCUT2D eigenvalue weighted by molar-refractivity contribution is -0.133. The molecule has 0 radical (unpaired) electrons. The van der Waals surface area contributed by atoms with E-state index in [9.17, 15) is 4.79 Å². The number of nitrogens with two attached hydrogens (primary N) is 1. The molecule has 1 saturated carbocycles. The highest BCUT2D eigenvalue weighted by Crippen LogP contribution is 2.38. The van der Waals surface area contributed by atoms with Gasteiger partial charge in [-0.3, -0.25) is 4.79 Å². The van der Waals surface area contributed by atoms with Crippen LogP contribution in [0, 0.1) is 5.41 Å². The minimum absolute atomic E-state index is 0.00310. The second-order valence-electron chi connectivity index (χ2n) is 4.60. The van der Waals surface area contributed by atoms with E-state index in [1.165, 1.54) is 7.11 Å². The van der Waals surface area contributed by atoms with Crippen molar-refractivity contribution in [3.05, 3.63) is 0 Å². The Morgan fingerprint density at radius 2 is 2.21 bits per heavy atom. The summed E-state index contributed by atoms with van der Waals surface area (Å²) in [6.45, 7) is 5.88. The summed E-state index contributed by atoms with van der Waals surface area (Å²) >= 11 is 0. The fraction of sp³-hybridized carbons (Fsp3) is 0.900. The third-order valence-corrected chi connectivity index (χ3v) is 3.38. The molecule has 0 bridgehead atoms. The van der Waals surface area contributed by atoms with E-state index in [0.29, 0.717) is 0 Å². The lowest BCUT2D eigenvalue weighted by Crippen LogP contribution is -2.65. The van der Waals surface area contributed by atoms with E-state index in [-0.39, 0.29) is 29.5 Å². The smallest absolute Gasteiger partial charge is 0.249 e. The van der Waals surface area contributed by atoms with Crippen LogP contribution in [-0.2, 0) is 9.53 Å². The molecular weight excluding hydrogens is 180 g/mol. The maximum absolute atomic E-state index is 11.5. The highest BCUT2D eigenvalue weighted by Gasteiger charge is 2.46. The van der Waals surface area contributed by atoms with Gasteiger partial charge in [0.2, 0.25) is 5.91 Å². The van der Waals surface area contributed by atoms with Crippen LogP contribution in [0.25, 0.3) is 0 Å². The molecule has 3 N–H and O–H groups in total. The van der Waals surface area contributed by atoms with Gasteiger partial charge in [0, 0.05) is 24.6 Å². The van der Waals surface area contributed by atoms with Crippen molar-refractivity contribution < 1.29 is 9.53 Å². The average Bonchev–Trinajstić information content (AvgIpc) is 2.16. The molecule has 82 valence electrons. The topological polar surface area (TPSA) is 64.3 Å². The first-order chi connectivity index (χ1) is 6.39. The number of amides is 1. The maximum Gasteiger partial charge on any atom is 0.249 e. The van der Waals surface area contributed by atoms with E-state index >= 15 is 0 Å². The first-order valence-electron chi connectivity index (χ1n) is 4.98. The SMILES string of the molecule is COC(C)C(=O)NC1CC(N)C1(C)C. The van der Waals surface area contributed by atoms with Crippen LogP contribution < -0.4 is 11.1 Å². The first-order valence-corrected chi connectivity index (χ1v) is 4.98. The van der Waals surface area contributed by atoms with E-state index < -0.39 is 0 Å². The van der Waals surface area contributed by atoms with Gasteiger partial charge in [-0.2, -0.15) is 0 Å². The van der Waals surface area contributed by atoms with Gasteiger partial charge in [-0.15, -0.1) is 0 Å². The Kier molecular flexibility index (Phi) is 3.17. The number of carbonyl (C=O) groups excluding carboxylic acids is 1. The summed E-state index contributed by atoms with van der Waals surface area (Å²) < 4.78 is 4.93. The third kappa shape index (κ3) is 1.91. The second kappa shape index (κ2) is 3.87. The van der Waals surface area contributed by atoms with Crippen LogP contribution in [-0.4, -0.2) is 31.2 Å². The molecule has 1 amide bonds. The summed E-state index contributed by atoms with van der Waals surface area (Å²) in [5.74, 6) is -0.0579. The molecule has 0 aromatic heterocycles. The number of nitrogens with one attached hydrogen (secondary N) is 1. The van der Waals surface area contributed by atoms with Crippen molar-refractivity contribution in [2.24, 2.45) is 11.1 Å². The Hall–Kier alpha value is -0.610. The molecule has 4 heteroatoms. The van der Waals surface area contributed by atoms with Gasteiger partial charge in [0.05, 0.1) is 0 Å². The van der Waals surface area contributed by atoms with Crippen molar-refractivity contribution in [2.75, 3.05) is 7.11 Å². The number of carbonyl (C=O) groups is 1. The van der Waals surface area contributed by atoms with Crippen LogP contribution in [0.5, 0.6) is 0 Å². The second-order valence-corrected chi connectivity index (χ2v) is 4.60. The normalized spacial score (nSPS) is 31.8. The van der Waals surface area contributed by atoms with Gasteiger partial charge in [0.15, 0.2) is 0 Å². The molecule has 1 aliphatic rings. The van der Waals surface area contributed by atoms with Crippen molar-refractivity contribution in [2.45, 2.75) is 45.4 Å². The Bertz CT molecular complexity index is 228. The van der Waals surface area contributed by atoms with Crippen molar-refractivity contribution in [3.8, 4) is 0 Å². The number of ether oxygens (including phenoxy) is 1. The van der Waals surface area contributed by atoms with Gasteiger partial charge < -0.3 is 15.8 Å². The van der Waals surface area contributed by atoms with E-state index in [1.54, 1.807) is 6.92 Å². The highest BCUT2D eigenvalue weighted by molar-refractivity contribution is 5.80. The molecule has 0 heterocycles. The molecular formula is C10H20N2O2. The molecule has 1 fully saturated rings. The van der Waals surface area contributed by atoms with Gasteiger partial charge in [-0.25, -0.2) is 0 Å². The molecule has 0 aliphatic heterocycles. The number of hydrogen-bond acceptors (Lipinski definition) is 3. The zero-order valence-electron chi connectivity index (χ0n) is 9.33. The van der Waals surface area contributed by atoms with Crippen LogP contribution in [0.1, 0.15) is 27.2 Å². The number of methoxy groups -OCH3 is 1.